The lowest BCUT2D eigenvalue weighted by Crippen LogP contribution is -2.64. The maximum Gasteiger partial charge on any atom is 0.224 e. The van der Waals surface area contributed by atoms with Gasteiger partial charge < -0.3 is 4.90 Å². The Morgan fingerprint density at radius 1 is 1.42 bits per heavy atom. The molecule has 19 heavy (non-hydrogen) atoms. The van der Waals surface area contributed by atoms with Gasteiger partial charge in [0.25, 0.3) is 0 Å². The van der Waals surface area contributed by atoms with E-state index in [0.717, 1.165) is 25.2 Å². The predicted molar refractivity (Wildman–Crippen MR) is 77.0 cm³/mol. The topological polar surface area (TPSA) is 32.7 Å². The van der Waals surface area contributed by atoms with Crippen molar-refractivity contribution in [3.63, 3.8) is 0 Å². The molecule has 0 spiro atoms. The fourth-order valence-electron chi connectivity index (χ4n) is 4.78. The number of hydrogen-bond acceptors (Lipinski definition) is 2. The Morgan fingerprint density at radius 3 is 2.95 bits per heavy atom. The molecule has 0 aromatic rings. The van der Waals surface area contributed by atoms with Crippen molar-refractivity contribution < 1.29 is 4.79 Å². The Balaban J connectivity index is 2.11. The molecule has 2 aliphatic carbocycles. The van der Waals surface area contributed by atoms with Gasteiger partial charge in [-0.3, -0.25) is 9.79 Å². The molecule has 3 atom stereocenters. The maximum absolute atomic E-state index is 12.1. The van der Waals surface area contributed by atoms with Crippen molar-refractivity contribution in [2.24, 2.45) is 16.3 Å². The van der Waals surface area contributed by atoms with Gasteiger partial charge in [0.15, 0.2) is 0 Å². The number of nitrogens with zero attached hydrogens (tertiary/aromatic N) is 2. The van der Waals surface area contributed by atoms with E-state index in [1.807, 2.05) is 11.9 Å². The van der Waals surface area contributed by atoms with Crippen LogP contribution in [0.5, 0.6) is 0 Å². The third-order valence-corrected chi connectivity index (χ3v) is 5.95. The van der Waals surface area contributed by atoms with Crippen LogP contribution >= 0.6 is 0 Å². The monoisotopic (exact) mass is 260 g/mol. The third-order valence-electron chi connectivity index (χ3n) is 5.95. The van der Waals surface area contributed by atoms with Crippen LogP contribution in [0.2, 0.25) is 0 Å². The Kier molecular flexibility index (Phi) is 2.84. The summed E-state index contributed by atoms with van der Waals surface area (Å²) in [4.78, 5) is 18.5. The van der Waals surface area contributed by atoms with Crippen molar-refractivity contribution >= 4 is 12.6 Å². The summed E-state index contributed by atoms with van der Waals surface area (Å²) in [7, 11) is 1.91. The van der Waals surface area contributed by atoms with E-state index in [9.17, 15) is 4.79 Å². The van der Waals surface area contributed by atoms with Crippen LogP contribution in [0.25, 0.3) is 0 Å². The highest BCUT2D eigenvalue weighted by Crippen LogP contribution is 2.59. The van der Waals surface area contributed by atoms with E-state index in [1.54, 1.807) is 5.57 Å². The van der Waals surface area contributed by atoms with Crippen molar-refractivity contribution in [2.45, 2.75) is 57.5 Å². The number of aliphatic imine (C=N–C) groups is 1. The molecular weight excluding hydrogens is 236 g/mol. The van der Waals surface area contributed by atoms with Gasteiger partial charge in [-0.15, -0.1) is 0 Å². The van der Waals surface area contributed by atoms with Gasteiger partial charge in [-0.25, -0.2) is 0 Å². The minimum Gasteiger partial charge on any atom is -0.320 e. The molecule has 1 heterocycles. The van der Waals surface area contributed by atoms with Crippen molar-refractivity contribution in [3.8, 4) is 0 Å². The summed E-state index contributed by atoms with van der Waals surface area (Å²) in [5.74, 6) is 0.940. The zero-order valence-corrected chi connectivity index (χ0v) is 12.1. The van der Waals surface area contributed by atoms with E-state index in [0.29, 0.717) is 6.42 Å². The van der Waals surface area contributed by atoms with E-state index in [1.165, 1.54) is 19.3 Å². The van der Waals surface area contributed by atoms with E-state index in [4.69, 9.17) is 0 Å². The Hall–Kier alpha value is -1.12. The quantitative estimate of drug-likeness (QED) is 0.526. The molecule has 1 saturated heterocycles. The van der Waals surface area contributed by atoms with Gasteiger partial charge in [0.05, 0.1) is 0 Å². The average molecular weight is 260 g/mol. The summed E-state index contributed by atoms with van der Waals surface area (Å²) in [5, 5.41) is 0. The lowest BCUT2D eigenvalue weighted by molar-refractivity contribution is -0.151. The molecule has 3 heteroatoms. The van der Waals surface area contributed by atoms with Crippen LogP contribution in [-0.4, -0.2) is 30.2 Å². The Labute approximate surface area is 115 Å². The van der Waals surface area contributed by atoms with Crippen LogP contribution in [-0.2, 0) is 4.79 Å². The molecule has 1 aliphatic heterocycles. The fraction of sp³-hybridized carbons (Fsp3) is 0.750. The molecule has 3 aliphatic rings. The van der Waals surface area contributed by atoms with Crippen LogP contribution in [0.15, 0.2) is 16.6 Å². The van der Waals surface area contributed by atoms with Crippen LogP contribution in [0, 0.1) is 11.3 Å². The number of piperidine rings is 1. The largest absolute Gasteiger partial charge is 0.320 e. The third kappa shape index (κ3) is 1.50. The number of amides is 1. The highest BCUT2D eigenvalue weighted by molar-refractivity contribution is 5.78. The SMILES string of the molecule is C=N[C@@]12CCC3CCCC=C3[C@@]1(C)CCC(=O)N2C. The molecule has 1 amide bonds. The fourth-order valence-corrected chi connectivity index (χ4v) is 4.78. The molecule has 0 aromatic carbocycles. The molecule has 3 rings (SSSR count). The number of rotatable bonds is 1. The smallest absolute Gasteiger partial charge is 0.224 e. The number of carbonyl (C=O) groups excluding carboxylic acids is 1. The highest BCUT2D eigenvalue weighted by Gasteiger charge is 2.60. The summed E-state index contributed by atoms with van der Waals surface area (Å²) in [6.07, 6.45) is 9.95. The molecule has 0 bridgehead atoms. The van der Waals surface area contributed by atoms with Crippen molar-refractivity contribution in [3.05, 3.63) is 11.6 Å². The first-order valence-electron chi connectivity index (χ1n) is 7.50. The molecule has 0 aromatic heterocycles. The van der Waals surface area contributed by atoms with Gasteiger partial charge >= 0.3 is 0 Å². The van der Waals surface area contributed by atoms with E-state index in [2.05, 4.69) is 24.7 Å². The number of allylic oxidation sites excluding steroid dienone is 1. The predicted octanol–water partition coefficient (Wildman–Crippen LogP) is 3.16. The highest BCUT2D eigenvalue weighted by atomic mass is 16.2. The van der Waals surface area contributed by atoms with Crippen molar-refractivity contribution in [1.82, 2.24) is 4.90 Å². The number of likely N-dealkylation sites (tertiary alicyclic amines) is 1. The minimum absolute atomic E-state index is 0.000741. The lowest BCUT2D eigenvalue weighted by atomic mass is 9.54. The summed E-state index contributed by atoms with van der Waals surface area (Å²) in [6, 6.07) is 0. The molecule has 0 N–H and O–H groups in total. The Bertz CT molecular complexity index is 456. The summed E-state index contributed by atoms with van der Waals surface area (Å²) >= 11 is 0. The molecule has 1 saturated carbocycles. The van der Waals surface area contributed by atoms with Gasteiger partial charge in [-0.1, -0.05) is 18.6 Å². The van der Waals surface area contributed by atoms with Gasteiger partial charge in [-0.05, 0) is 51.2 Å². The van der Waals surface area contributed by atoms with E-state index < -0.39 is 5.66 Å². The molecule has 0 radical (unpaired) electrons. The average Bonchev–Trinajstić information content (AvgIpc) is 2.44. The molecular formula is C16H24N2O. The molecule has 2 fully saturated rings. The molecule has 3 nitrogen and oxygen atoms in total. The van der Waals surface area contributed by atoms with Gasteiger partial charge in [0.2, 0.25) is 5.91 Å². The van der Waals surface area contributed by atoms with Crippen LogP contribution in [0.1, 0.15) is 51.9 Å². The first kappa shape index (κ1) is 12.9. The summed E-state index contributed by atoms with van der Waals surface area (Å²) in [6.45, 7) is 6.17. The first-order chi connectivity index (χ1) is 9.05. The zero-order valence-electron chi connectivity index (χ0n) is 12.1. The molecule has 104 valence electrons. The van der Waals surface area contributed by atoms with Gasteiger partial charge in [-0.2, -0.15) is 0 Å². The zero-order chi connectivity index (χ0) is 13.7. The second kappa shape index (κ2) is 4.19. The minimum atomic E-state index is -0.401. The number of hydrogen-bond donors (Lipinski definition) is 0. The van der Waals surface area contributed by atoms with E-state index >= 15 is 0 Å². The van der Waals surface area contributed by atoms with Crippen molar-refractivity contribution in [2.75, 3.05) is 7.05 Å². The van der Waals surface area contributed by atoms with Crippen LogP contribution < -0.4 is 0 Å². The summed E-state index contributed by atoms with van der Waals surface area (Å²) < 4.78 is 0. The van der Waals surface area contributed by atoms with Gasteiger partial charge in [0, 0.05) is 18.9 Å². The second-order valence-corrected chi connectivity index (χ2v) is 6.59. The first-order valence-corrected chi connectivity index (χ1v) is 7.50. The number of fused-ring (bicyclic) bond motifs is 3. The van der Waals surface area contributed by atoms with Crippen LogP contribution in [0.4, 0.5) is 0 Å². The normalized spacial score (nSPS) is 42.2. The Morgan fingerprint density at radius 2 is 2.21 bits per heavy atom. The van der Waals surface area contributed by atoms with Crippen molar-refractivity contribution in [1.29, 1.82) is 0 Å². The lowest BCUT2D eigenvalue weighted by Gasteiger charge is -2.60. The second-order valence-electron chi connectivity index (χ2n) is 6.59. The number of carbonyl (C=O) groups is 1. The van der Waals surface area contributed by atoms with Crippen LogP contribution in [0.3, 0.4) is 0 Å². The standard InChI is InChI=1S/C16H24N2O/c1-15-10-9-14(19)18(3)16(15,17-2)11-8-12-6-4-5-7-13(12)15/h7,12H,2,4-6,8-11H2,1,3H3/t12?,15-,16-/m1/s1. The van der Waals surface area contributed by atoms with E-state index in [-0.39, 0.29) is 11.3 Å². The van der Waals surface area contributed by atoms with Gasteiger partial charge in [0.1, 0.15) is 5.66 Å². The maximum atomic E-state index is 12.1. The molecule has 1 unspecified atom stereocenters. The summed E-state index contributed by atoms with van der Waals surface area (Å²) in [5.41, 5.74) is 1.17.